The molecule has 0 fully saturated rings. The van der Waals surface area contributed by atoms with Crippen LogP contribution in [0.2, 0.25) is 0 Å². The molecule has 0 bridgehead atoms. The number of nitrogens with zero attached hydrogens (tertiary/aromatic N) is 1. The summed E-state index contributed by atoms with van der Waals surface area (Å²) < 4.78 is 0. The first-order valence-corrected chi connectivity index (χ1v) is 7.80. The molecule has 0 spiro atoms. The van der Waals surface area contributed by atoms with Crippen LogP contribution in [0.25, 0.3) is 0 Å². The van der Waals surface area contributed by atoms with Crippen molar-refractivity contribution < 1.29 is 19.5 Å². The molecule has 2 aromatic rings. The Morgan fingerprint density at radius 2 is 1.77 bits per heavy atom. The van der Waals surface area contributed by atoms with Crippen molar-refractivity contribution in [3.63, 3.8) is 0 Å². The molecule has 2 amide bonds. The highest BCUT2D eigenvalue weighted by molar-refractivity contribution is 6.04. The van der Waals surface area contributed by atoms with Crippen molar-refractivity contribution in [1.29, 1.82) is 5.26 Å². The Hall–Kier alpha value is -3.66. The number of aliphatic carboxylic acids is 1. The van der Waals surface area contributed by atoms with Crippen LogP contribution < -0.4 is 10.6 Å². The number of carbonyl (C=O) groups excluding carboxylic acids is 2. The van der Waals surface area contributed by atoms with Crippen LogP contribution in [-0.4, -0.2) is 28.9 Å². The van der Waals surface area contributed by atoms with Crippen LogP contribution in [-0.2, 0) is 16.0 Å². The summed E-state index contributed by atoms with van der Waals surface area (Å²) in [6.07, 6.45) is 0.0646. The first-order valence-electron chi connectivity index (χ1n) is 7.80. The fourth-order valence-electron chi connectivity index (χ4n) is 2.37. The third-order valence-corrected chi connectivity index (χ3v) is 3.61. The second-order valence-electron chi connectivity index (χ2n) is 5.60. The van der Waals surface area contributed by atoms with Crippen LogP contribution in [0.15, 0.2) is 48.5 Å². The molecule has 1 atom stereocenters. The number of para-hydroxylation sites is 1. The van der Waals surface area contributed by atoms with Gasteiger partial charge in [-0.25, -0.2) is 4.79 Å². The first-order chi connectivity index (χ1) is 12.4. The van der Waals surface area contributed by atoms with Crippen LogP contribution in [0.1, 0.15) is 28.4 Å². The smallest absolute Gasteiger partial charge is 0.326 e. The molecule has 0 unspecified atom stereocenters. The highest BCUT2D eigenvalue weighted by Crippen LogP contribution is 2.15. The number of rotatable bonds is 6. The number of hydrogen-bond donors (Lipinski definition) is 3. The maximum Gasteiger partial charge on any atom is 0.326 e. The second-order valence-corrected chi connectivity index (χ2v) is 5.60. The van der Waals surface area contributed by atoms with Gasteiger partial charge in [-0.05, 0) is 29.8 Å². The lowest BCUT2D eigenvalue weighted by Gasteiger charge is -2.16. The highest BCUT2D eigenvalue weighted by atomic mass is 16.4. The summed E-state index contributed by atoms with van der Waals surface area (Å²) in [6, 6.07) is 13.6. The predicted octanol–water partition coefficient (Wildman–Crippen LogP) is 1.94. The van der Waals surface area contributed by atoms with Gasteiger partial charge in [0.15, 0.2) is 0 Å². The molecule has 0 radical (unpaired) electrons. The summed E-state index contributed by atoms with van der Waals surface area (Å²) >= 11 is 0. The maximum absolute atomic E-state index is 12.5. The summed E-state index contributed by atoms with van der Waals surface area (Å²) in [5.41, 5.74) is 1.62. The number of anilines is 1. The molecular formula is C19H17N3O4. The number of carboxylic acids is 1. The van der Waals surface area contributed by atoms with Crippen LogP contribution >= 0.6 is 0 Å². The van der Waals surface area contributed by atoms with Crippen molar-refractivity contribution in [3.05, 3.63) is 65.2 Å². The SMILES string of the molecule is CC(=O)Nc1ccccc1C(=O)N[C@H](Cc1ccc(C#N)cc1)C(=O)O. The average Bonchev–Trinajstić information content (AvgIpc) is 2.61. The van der Waals surface area contributed by atoms with Crippen molar-refractivity contribution in [2.24, 2.45) is 0 Å². The molecule has 7 nitrogen and oxygen atoms in total. The van der Waals surface area contributed by atoms with Gasteiger partial charge in [0.25, 0.3) is 5.91 Å². The number of nitriles is 1. The Balaban J connectivity index is 2.17. The van der Waals surface area contributed by atoms with E-state index in [1.54, 1.807) is 42.5 Å². The van der Waals surface area contributed by atoms with Crippen LogP contribution in [0, 0.1) is 11.3 Å². The Labute approximate surface area is 150 Å². The monoisotopic (exact) mass is 351 g/mol. The van der Waals surface area contributed by atoms with Gasteiger partial charge in [-0.15, -0.1) is 0 Å². The predicted molar refractivity (Wildman–Crippen MR) is 94.5 cm³/mol. The Morgan fingerprint density at radius 3 is 2.35 bits per heavy atom. The van der Waals surface area contributed by atoms with Gasteiger partial charge in [0.1, 0.15) is 6.04 Å². The molecule has 0 aliphatic heterocycles. The number of nitrogens with one attached hydrogen (secondary N) is 2. The minimum absolute atomic E-state index is 0.0646. The zero-order valence-electron chi connectivity index (χ0n) is 14.0. The van der Waals surface area contributed by atoms with E-state index in [4.69, 9.17) is 5.26 Å². The number of carboxylic acid groups (broad SMARTS) is 1. The molecule has 2 aromatic carbocycles. The van der Waals surface area contributed by atoms with Gasteiger partial charge in [-0.1, -0.05) is 24.3 Å². The third-order valence-electron chi connectivity index (χ3n) is 3.61. The molecule has 7 heteroatoms. The molecule has 26 heavy (non-hydrogen) atoms. The minimum Gasteiger partial charge on any atom is -0.480 e. The lowest BCUT2D eigenvalue weighted by atomic mass is 10.0. The number of amides is 2. The standard InChI is InChI=1S/C19H17N3O4/c1-12(23)21-16-5-3-2-4-15(16)18(24)22-17(19(25)26)10-13-6-8-14(11-20)9-7-13/h2-9,17H,10H2,1H3,(H,21,23)(H,22,24)(H,25,26)/t17-/m1/s1. The van der Waals surface area contributed by atoms with Gasteiger partial charge in [0.2, 0.25) is 5.91 Å². The summed E-state index contributed by atoms with van der Waals surface area (Å²) in [7, 11) is 0. The van der Waals surface area contributed by atoms with Crippen molar-refractivity contribution >= 4 is 23.5 Å². The van der Waals surface area contributed by atoms with E-state index < -0.39 is 17.9 Å². The summed E-state index contributed by atoms with van der Waals surface area (Å²) in [5, 5.41) is 23.2. The largest absolute Gasteiger partial charge is 0.480 e. The van der Waals surface area contributed by atoms with E-state index in [9.17, 15) is 19.5 Å². The van der Waals surface area contributed by atoms with E-state index in [1.165, 1.54) is 13.0 Å². The Bertz CT molecular complexity index is 869. The van der Waals surface area contributed by atoms with Crippen molar-refractivity contribution in [3.8, 4) is 6.07 Å². The lowest BCUT2D eigenvalue weighted by Crippen LogP contribution is -2.42. The molecule has 2 rings (SSSR count). The van der Waals surface area contributed by atoms with Crippen LogP contribution in [0.3, 0.4) is 0 Å². The van der Waals surface area contributed by atoms with Crippen LogP contribution in [0.5, 0.6) is 0 Å². The van der Waals surface area contributed by atoms with Crippen molar-refractivity contribution in [1.82, 2.24) is 5.32 Å². The molecule has 0 aliphatic rings. The number of carbonyl (C=O) groups is 3. The third kappa shape index (κ3) is 4.92. The van der Waals surface area contributed by atoms with Gasteiger partial charge < -0.3 is 15.7 Å². The van der Waals surface area contributed by atoms with Crippen LogP contribution in [0.4, 0.5) is 5.69 Å². The molecule has 0 saturated carbocycles. The maximum atomic E-state index is 12.5. The molecule has 0 saturated heterocycles. The van der Waals surface area contributed by atoms with Gasteiger partial charge in [-0.2, -0.15) is 5.26 Å². The van der Waals surface area contributed by atoms with E-state index in [2.05, 4.69) is 10.6 Å². The second kappa shape index (κ2) is 8.44. The van der Waals surface area contributed by atoms with E-state index in [0.29, 0.717) is 16.8 Å². The Morgan fingerprint density at radius 1 is 1.12 bits per heavy atom. The summed E-state index contributed by atoms with van der Waals surface area (Å²) in [6.45, 7) is 1.32. The summed E-state index contributed by atoms with van der Waals surface area (Å²) in [5.74, 6) is -2.12. The number of benzene rings is 2. The van der Waals surface area contributed by atoms with Gasteiger partial charge >= 0.3 is 5.97 Å². The van der Waals surface area contributed by atoms with Gasteiger partial charge in [0.05, 0.1) is 22.9 Å². The quantitative estimate of drug-likeness (QED) is 0.735. The minimum atomic E-state index is -1.18. The van der Waals surface area contributed by atoms with Crippen molar-refractivity contribution in [2.45, 2.75) is 19.4 Å². The molecule has 3 N–H and O–H groups in total. The normalized spacial score (nSPS) is 11.1. The average molecular weight is 351 g/mol. The fraction of sp³-hybridized carbons (Fsp3) is 0.158. The topological polar surface area (TPSA) is 119 Å². The van der Waals surface area contributed by atoms with Crippen molar-refractivity contribution in [2.75, 3.05) is 5.32 Å². The van der Waals surface area contributed by atoms with Gasteiger partial charge in [-0.3, -0.25) is 9.59 Å². The molecule has 0 aromatic heterocycles. The highest BCUT2D eigenvalue weighted by Gasteiger charge is 2.22. The first kappa shape index (κ1) is 18.7. The lowest BCUT2D eigenvalue weighted by molar-refractivity contribution is -0.139. The zero-order valence-corrected chi connectivity index (χ0v) is 14.0. The molecule has 0 aliphatic carbocycles. The van der Waals surface area contributed by atoms with E-state index >= 15 is 0 Å². The molecule has 0 heterocycles. The number of hydrogen-bond acceptors (Lipinski definition) is 4. The molecular weight excluding hydrogens is 334 g/mol. The van der Waals surface area contributed by atoms with Gasteiger partial charge in [0, 0.05) is 13.3 Å². The van der Waals surface area contributed by atoms with E-state index in [-0.39, 0.29) is 17.9 Å². The zero-order chi connectivity index (χ0) is 19.1. The molecule has 132 valence electrons. The van der Waals surface area contributed by atoms with E-state index in [0.717, 1.165) is 0 Å². The summed E-state index contributed by atoms with van der Waals surface area (Å²) in [4.78, 5) is 35.3. The van der Waals surface area contributed by atoms with E-state index in [1.807, 2.05) is 6.07 Å². The fourth-order valence-corrected chi connectivity index (χ4v) is 2.37. The Kier molecular flexibility index (Phi) is 6.06.